The van der Waals surface area contributed by atoms with E-state index in [1.54, 1.807) is 0 Å². The van der Waals surface area contributed by atoms with Crippen LogP contribution < -0.4 is 0 Å². The Hall–Kier alpha value is -0.690. The number of methoxy groups -OCH3 is 1. The van der Waals surface area contributed by atoms with E-state index in [2.05, 4.69) is 13.8 Å². The summed E-state index contributed by atoms with van der Waals surface area (Å²) in [6.45, 7) is 4.96. The zero-order chi connectivity index (χ0) is 15.0. The number of carbonyl (C=O) groups is 1. The van der Waals surface area contributed by atoms with Gasteiger partial charge in [0.1, 0.15) is 0 Å². The predicted molar refractivity (Wildman–Crippen MR) is 73.7 cm³/mol. The lowest BCUT2D eigenvalue weighted by Crippen LogP contribution is -2.54. The molecule has 0 aromatic rings. The Morgan fingerprint density at radius 2 is 2.19 bits per heavy atom. The Labute approximate surface area is 125 Å². The van der Waals surface area contributed by atoms with Crippen LogP contribution in [-0.4, -0.2) is 42.8 Å². The van der Waals surface area contributed by atoms with Crippen LogP contribution in [0.1, 0.15) is 46.0 Å². The van der Waals surface area contributed by atoms with Crippen molar-refractivity contribution in [1.82, 2.24) is 5.23 Å². The highest BCUT2D eigenvalue weighted by Gasteiger charge is 2.65. The highest BCUT2D eigenvalue weighted by atomic mass is 17.0. The molecule has 5 atom stereocenters. The molecule has 1 aliphatic carbocycles. The Bertz CT molecular complexity index is 404. The summed E-state index contributed by atoms with van der Waals surface area (Å²) in [5.74, 6) is 0.243. The molecule has 0 radical (unpaired) electrons. The highest BCUT2D eigenvalue weighted by Crippen LogP contribution is 2.56. The van der Waals surface area contributed by atoms with Gasteiger partial charge in [-0.1, -0.05) is 18.6 Å². The van der Waals surface area contributed by atoms with Crippen molar-refractivity contribution in [3.8, 4) is 0 Å². The third-order valence-corrected chi connectivity index (χ3v) is 5.30. The van der Waals surface area contributed by atoms with Crippen molar-refractivity contribution < 1.29 is 23.9 Å². The van der Waals surface area contributed by atoms with E-state index in [0.29, 0.717) is 12.5 Å². The number of hydrogen-bond acceptors (Lipinski definition) is 6. The first kappa shape index (κ1) is 15.2. The minimum absolute atomic E-state index is 0.131. The number of esters is 1. The number of nitrogens with zero attached hydrogens (tertiary/aromatic N) is 1. The lowest BCUT2D eigenvalue weighted by molar-refractivity contribution is -0.458. The van der Waals surface area contributed by atoms with Gasteiger partial charge in [-0.15, -0.1) is 0 Å². The van der Waals surface area contributed by atoms with Crippen LogP contribution in [0.15, 0.2) is 0 Å². The average molecular weight is 299 g/mol. The molecule has 6 nitrogen and oxygen atoms in total. The van der Waals surface area contributed by atoms with Gasteiger partial charge < -0.3 is 9.47 Å². The molecule has 2 aliphatic heterocycles. The molecule has 0 aromatic heterocycles. The molecule has 0 N–H and O–H groups in total. The van der Waals surface area contributed by atoms with E-state index in [9.17, 15) is 4.79 Å². The first-order valence-corrected chi connectivity index (χ1v) is 7.94. The van der Waals surface area contributed by atoms with Gasteiger partial charge in [0.15, 0.2) is 12.4 Å². The lowest BCUT2D eigenvalue weighted by atomic mass is 9.79. The summed E-state index contributed by atoms with van der Waals surface area (Å²) in [4.78, 5) is 23.5. The quantitative estimate of drug-likeness (QED) is 0.572. The van der Waals surface area contributed by atoms with Gasteiger partial charge in [0, 0.05) is 18.9 Å². The van der Waals surface area contributed by atoms with Crippen molar-refractivity contribution >= 4 is 5.97 Å². The van der Waals surface area contributed by atoms with Crippen molar-refractivity contribution in [2.75, 3.05) is 13.7 Å². The minimum atomic E-state index is -0.556. The fourth-order valence-electron chi connectivity index (χ4n) is 3.96. The van der Waals surface area contributed by atoms with Crippen LogP contribution in [0.4, 0.5) is 0 Å². The first-order chi connectivity index (χ1) is 10.1. The Balaban J connectivity index is 1.71. The van der Waals surface area contributed by atoms with Gasteiger partial charge in [0.2, 0.25) is 0 Å². The maximum Gasteiger partial charge on any atom is 0.337 e. The summed E-state index contributed by atoms with van der Waals surface area (Å²) < 4.78 is 10.7. The predicted octanol–water partition coefficient (Wildman–Crippen LogP) is 2.04. The third kappa shape index (κ3) is 2.38. The molecule has 120 valence electrons. The topological polar surface area (TPSA) is 57.2 Å². The second-order valence-corrected chi connectivity index (χ2v) is 6.41. The smallest absolute Gasteiger partial charge is 0.337 e. The van der Waals surface area contributed by atoms with E-state index >= 15 is 0 Å². The standard InChI is InChI=1S/C15H25NO5/c1-4-5-8-19-12-9-10-6-7-11-13(14(17)18-3)21-16(20-12)15(10,11)2/h10-13H,4-9H2,1-3H3/t10-,11+,12+,13-,15+/m0/s1. The molecular formula is C15H25NO5. The van der Waals surface area contributed by atoms with Crippen LogP contribution in [0.5, 0.6) is 0 Å². The minimum Gasteiger partial charge on any atom is -0.467 e. The molecule has 21 heavy (non-hydrogen) atoms. The zero-order valence-corrected chi connectivity index (χ0v) is 13.0. The van der Waals surface area contributed by atoms with E-state index < -0.39 is 6.10 Å². The van der Waals surface area contributed by atoms with Crippen LogP contribution in [0.3, 0.4) is 0 Å². The second kappa shape index (κ2) is 5.83. The molecule has 3 rings (SSSR count). The van der Waals surface area contributed by atoms with E-state index in [4.69, 9.17) is 19.1 Å². The fraction of sp³-hybridized carbons (Fsp3) is 0.933. The number of carbonyl (C=O) groups excluding carboxylic acids is 1. The molecule has 0 unspecified atom stereocenters. The SMILES string of the molecule is CCCCO[C@H]1C[C@@H]2CC[C@@H]3[C@@H](C(=O)OC)ON(O1)[C@]23C. The molecule has 0 spiro atoms. The van der Waals surface area contributed by atoms with Gasteiger partial charge in [-0.3, -0.25) is 4.84 Å². The van der Waals surface area contributed by atoms with Gasteiger partial charge in [-0.25, -0.2) is 9.63 Å². The number of hydrogen-bond donors (Lipinski definition) is 0. The monoisotopic (exact) mass is 299 g/mol. The van der Waals surface area contributed by atoms with Gasteiger partial charge >= 0.3 is 5.97 Å². The van der Waals surface area contributed by atoms with Crippen LogP contribution in [0.2, 0.25) is 0 Å². The Morgan fingerprint density at radius 3 is 2.90 bits per heavy atom. The van der Waals surface area contributed by atoms with Crippen molar-refractivity contribution in [2.24, 2.45) is 11.8 Å². The molecule has 0 aromatic carbocycles. The number of hydroxylamine groups is 2. The fourth-order valence-corrected chi connectivity index (χ4v) is 3.96. The molecule has 3 aliphatic rings. The first-order valence-electron chi connectivity index (χ1n) is 7.94. The summed E-state index contributed by atoms with van der Waals surface area (Å²) in [5, 5.41) is 1.54. The molecule has 0 amide bonds. The van der Waals surface area contributed by atoms with E-state index in [1.807, 2.05) is 0 Å². The van der Waals surface area contributed by atoms with Gasteiger partial charge in [0.25, 0.3) is 0 Å². The van der Waals surface area contributed by atoms with E-state index in [1.165, 1.54) is 12.3 Å². The molecule has 6 heteroatoms. The Kier molecular flexibility index (Phi) is 4.23. The summed E-state index contributed by atoms with van der Waals surface area (Å²) in [5.41, 5.74) is -0.247. The largest absolute Gasteiger partial charge is 0.467 e. The van der Waals surface area contributed by atoms with E-state index in [-0.39, 0.29) is 23.7 Å². The molecule has 2 heterocycles. The lowest BCUT2D eigenvalue weighted by Gasteiger charge is -2.43. The number of ether oxygens (including phenoxy) is 2. The second-order valence-electron chi connectivity index (χ2n) is 6.41. The van der Waals surface area contributed by atoms with Crippen molar-refractivity contribution in [3.63, 3.8) is 0 Å². The summed E-state index contributed by atoms with van der Waals surface area (Å²) in [7, 11) is 1.40. The van der Waals surface area contributed by atoms with Crippen LogP contribution in [0, 0.1) is 11.8 Å². The zero-order valence-electron chi connectivity index (χ0n) is 13.0. The molecular weight excluding hydrogens is 274 g/mol. The summed E-state index contributed by atoms with van der Waals surface area (Å²) in [6.07, 6.45) is 4.19. The molecule has 0 bridgehead atoms. The number of unbranched alkanes of at least 4 members (excludes halogenated alkanes) is 1. The average Bonchev–Trinajstić information content (AvgIpc) is 2.97. The maximum absolute atomic E-state index is 11.9. The summed E-state index contributed by atoms with van der Waals surface area (Å²) >= 11 is 0. The van der Waals surface area contributed by atoms with Gasteiger partial charge in [-0.05, 0) is 32.1 Å². The number of rotatable bonds is 5. The maximum atomic E-state index is 11.9. The van der Waals surface area contributed by atoms with Crippen molar-refractivity contribution in [3.05, 3.63) is 0 Å². The van der Waals surface area contributed by atoms with Crippen LogP contribution >= 0.6 is 0 Å². The van der Waals surface area contributed by atoms with Gasteiger partial charge in [0.05, 0.1) is 12.6 Å². The normalized spacial score (nSPS) is 42.0. The van der Waals surface area contributed by atoms with Gasteiger partial charge in [-0.2, -0.15) is 0 Å². The molecule has 3 fully saturated rings. The Morgan fingerprint density at radius 1 is 1.38 bits per heavy atom. The van der Waals surface area contributed by atoms with Crippen LogP contribution in [0.25, 0.3) is 0 Å². The molecule has 1 saturated carbocycles. The van der Waals surface area contributed by atoms with E-state index in [0.717, 1.165) is 32.1 Å². The van der Waals surface area contributed by atoms with Crippen LogP contribution in [-0.2, 0) is 23.9 Å². The van der Waals surface area contributed by atoms with Crippen molar-refractivity contribution in [2.45, 2.75) is 63.9 Å². The molecule has 2 saturated heterocycles. The highest BCUT2D eigenvalue weighted by molar-refractivity contribution is 5.75. The third-order valence-electron chi connectivity index (χ3n) is 5.30. The summed E-state index contributed by atoms with van der Waals surface area (Å²) in [6, 6.07) is 0. The van der Waals surface area contributed by atoms with Crippen molar-refractivity contribution in [1.29, 1.82) is 0 Å².